The summed E-state index contributed by atoms with van der Waals surface area (Å²) in [4.78, 5) is 11.2. The van der Waals surface area contributed by atoms with Crippen LogP contribution in [0.4, 0.5) is 4.39 Å². The Bertz CT molecular complexity index is 589. The fraction of sp³-hybridized carbons (Fsp3) is 0.417. The van der Waals surface area contributed by atoms with E-state index in [1.54, 1.807) is 0 Å². The van der Waals surface area contributed by atoms with Crippen LogP contribution in [0, 0.1) is 5.82 Å². The molecule has 1 unspecified atom stereocenters. The van der Waals surface area contributed by atoms with Crippen molar-refractivity contribution >= 4 is 15.9 Å². The van der Waals surface area contributed by atoms with Crippen LogP contribution < -0.4 is 15.2 Å². The summed E-state index contributed by atoms with van der Waals surface area (Å²) in [7, 11) is -4.14. The van der Waals surface area contributed by atoms with Crippen molar-refractivity contribution in [2.24, 2.45) is 5.14 Å². The second-order valence-corrected chi connectivity index (χ2v) is 5.72. The van der Waals surface area contributed by atoms with Crippen LogP contribution in [0.3, 0.4) is 0 Å². The standard InChI is InChI=1S/C12H17FN2O4S/c1-3-6-15-12(16)8(2)19-10-5-4-9(13)7-11(10)20(14,17)18/h4-5,7-8H,3,6H2,1-2H3,(H,15,16)(H2,14,17,18). The fourth-order valence-electron chi connectivity index (χ4n) is 1.44. The number of benzene rings is 1. The van der Waals surface area contributed by atoms with Crippen LogP contribution in [0.5, 0.6) is 5.75 Å². The number of ether oxygens (including phenoxy) is 1. The zero-order valence-electron chi connectivity index (χ0n) is 11.2. The van der Waals surface area contributed by atoms with Crippen molar-refractivity contribution < 1.29 is 22.3 Å². The number of nitrogens with two attached hydrogens (primary N) is 1. The first-order valence-electron chi connectivity index (χ1n) is 6.02. The van der Waals surface area contributed by atoms with Gasteiger partial charge in [-0.2, -0.15) is 0 Å². The van der Waals surface area contributed by atoms with Crippen molar-refractivity contribution in [3.63, 3.8) is 0 Å². The second-order valence-electron chi connectivity index (χ2n) is 4.19. The van der Waals surface area contributed by atoms with Gasteiger partial charge in [-0.05, 0) is 31.5 Å². The highest BCUT2D eigenvalue weighted by Crippen LogP contribution is 2.24. The minimum absolute atomic E-state index is 0.159. The van der Waals surface area contributed by atoms with E-state index in [1.165, 1.54) is 6.92 Å². The van der Waals surface area contributed by atoms with Gasteiger partial charge in [0.1, 0.15) is 16.5 Å². The van der Waals surface area contributed by atoms with Crippen molar-refractivity contribution in [2.75, 3.05) is 6.54 Å². The molecule has 0 aliphatic rings. The average molecular weight is 304 g/mol. The van der Waals surface area contributed by atoms with Crippen LogP contribution in [0.1, 0.15) is 20.3 Å². The van der Waals surface area contributed by atoms with Gasteiger partial charge in [0.2, 0.25) is 10.0 Å². The molecule has 0 bridgehead atoms. The third-order valence-electron chi connectivity index (χ3n) is 2.43. The lowest BCUT2D eigenvalue weighted by Gasteiger charge is -2.16. The van der Waals surface area contributed by atoms with Crippen molar-refractivity contribution in [3.05, 3.63) is 24.0 Å². The highest BCUT2D eigenvalue weighted by atomic mass is 32.2. The van der Waals surface area contributed by atoms with Crippen molar-refractivity contribution in [1.82, 2.24) is 5.32 Å². The number of amides is 1. The van der Waals surface area contributed by atoms with E-state index in [-0.39, 0.29) is 5.75 Å². The zero-order valence-corrected chi connectivity index (χ0v) is 12.0. The predicted molar refractivity (Wildman–Crippen MR) is 71.2 cm³/mol. The molecular weight excluding hydrogens is 287 g/mol. The number of carbonyl (C=O) groups is 1. The molecule has 0 saturated carbocycles. The Balaban J connectivity index is 2.95. The molecule has 3 N–H and O–H groups in total. The lowest BCUT2D eigenvalue weighted by atomic mass is 10.3. The van der Waals surface area contributed by atoms with E-state index in [9.17, 15) is 17.6 Å². The fourth-order valence-corrected chi connectivity index (χ4v) is 2.11. The quantitative estimate of drug-likeness (QED) is 0.811. The number of hydrogen-bond donors (Lipinski definition) is 2. The van der Waals surface area contributed by atoms with E-state index >= 15 is 0 Å². The van der Waals surface area contributed by atoms with E-state index in [0.717, 1.165) is 24.6 Å². The Morgan fingerprint density at radius 2 is 2.15 bits per heavy atom. The maximum absolute atomic E-state index is 13.1. The van der Waals surface area contributed by atoms with Gasteiger partial charge < -0.3 is 10.1 Å². The highest BCUT2D eigenvalue weighted by Gasteiger charge is 2.21. The molecule has 1 amide bonds. The van der Waals surface area contributed by atoms with Gasteiger partial charge in [0.15, 0.2) is 6.10 Å². The van der Waals surface area contributed by atoms with Gasteiger partial charge in [-0.15, -0.1) is 0 Å². The summed E-state index contributed by atoms with van der Waals surface area (Å²) in [6.45, 7) is 3.84. The third-order valence-corrected chi connectivity index (χ3v) is 3.37. The maximum atomic E-state index is 13.1. The molecule has 1 aromatic carbocycles. The molecule has 112 valence electrons. The van der Waals surface area contributed by atoms with Crippen LogP contribution in [-0.4, -0.2) is 27.0 Å². The summed E-state index contributed by atoms with van der Waals surface area (Å²) in [5.41, 5.74) is 0. The predicted octanol–water partition coefficient (Wildman–Crippen LogP) is 0.767. The number of nitrogens with one attached hydrogen (secondary N) is 1. The molecule has 0 aromatic heterocycles. The number of sulfonamides is 1. The number of primary sulfonamides is 1. The molecular formula is C12H17FN2O4S. The summed E-state index contributed by atoms with van der Waals surface area (Å²) in [6, 6.07) is 2.90. The van der Waals surface area contributed by atoms with E-state index in [4.69, 9.17) is 9.88 Å². The van der Waals surface area contributed by atoms with E-state index in [1.807, 2.05) is 6.92 Å². The molecule has 0 saturated heterocycles. The zero-order chi connectivity index (χ0) is 15.3. The Morgan fingerprint density at radius 3 is 2.70 bits per heavy atom. The van der Waals surface area contributed by atoms with Gasteiger partial charge in [-0.25, -0.2) is 17.9 Å². The number of halogens is 1. The first-order valence-corrected chi connectivity index (χ1v) is 7.57. The summed E-state index contributed by atoms with van der Waals surface area (Å²) < 4.78 is 41.1. The lowest BCUT2D eigenvalue weighted by Crippen LogP contribution is -2.37. The van der Waals surface area contributed by atoms with E-state index < -0.39 is 32.7 Å². The molecule has 8 heteroatoms. The minimum Gasteiger partial charge on any atom is -0.479 e. The van der Waals surface area contributed by atoms with Gasteiger partial charge >= 0.3 is 0 Å². The van der Waals surface area contributed by atoms with Crippen LogP contribution in [0.2, 0.25) is 0 Å². The molecule has 1 aromatic rings. The monoisotopic (exact) mass is 304 g/mol. The van der Waals surface area contributed by atoms with Crippen molar-refractivity contribution in [2.45, 2.75) is 31.3 Å². The lowest BCUT2D eigenvalue weighted by molar-refractivity contribution is -0.127. The molecule has 0 fully saturated rings. The topological polar surface area (TPSA) is 98.5 Å². The molecule has 0 heterocycles. The summed E-state index contributed by atoms with van der Waals surface area (Å²) >= 11 is 0. The Morgan fingerprint density at radius 1 is 1.50 bits per heavy atom. The summed E-state index contributed by atoms with van der Waals surface area (Å²) in [6.07, 6.45) is -0.162. The minimum atomic E-state index is -4.14. The Kier molecular flexibility index (Phi) is 5.46. The molecule has 6 nitrogen and oxygen atoms in total. The molecule has 0 aliphatic heterocycles. The second kappa shape index (κ2) is 6.67. The molecule has 0 aliphatic carbocycles. The summed E-state index contributed by atoms with van der Waals surface area (Å²) in [5.74, 6) is -1.31. The molecule has 20 heavy (non-hydrogen) atoms. The van der Waals surface area contributed by atoms with Crippen molar-refractivity contribution in [1.29, 1.82) is 0 Å². The molecule has 1 rings (SSSR count). The SMILES string of the molecule is CCCNC(=O)C(C)Oc1ccc(F)cc1S(N)(=O)=O. The largest absolute Gasteiger partial charge is 0.479 e. The van der Waals surface area contributed by atoms with Gasteiger partial charge in [-0.1, -0.05) is 6.92 Å². The first-order chi connectivity index (χ1) is 9.25. The highest BCUT2D eigenvalue weighted by molar-refractivity contribution is 7.89. The van der Waals surface area contributed by atoms with Crippen LogP contribution in [0.25, 0.3) is 0 Å². The molecule has 0 spiro atoms. The maximum Gasteiger partial charge on any atom is 0.260 e. The van der Waals surface area contributed by atoms with Crippen LogP contribution >= 0.6 is 0 Å². The van der Waals surface area contributed by atoms with E-state index in [2.05, 4.69) is 5.32 Å². The third kappa shape index (κ3) is 4.46. The van der Waals surface area contributed by atoms with Crippen LogP contribution in [-0.2, 0) is 14.8 Å². The number of hydrogen-bond acceptors (Lipinski definition) is 4. The van der Waals surface area contributed by atoms with Gasteiger partial charge in [0, 0.05) is 6.54 Å². The first kappa shape index (κ1) is 16.4. The average Bonchev–Trinajstić information content (AvgIpc) is 2.36. The Hall–Kier alpha value is -1.67. The van der Waals surface area contributed by atoms with Gasteiger partial charge in [-0.3, -0.25) is 4.79 Å². The molecule has 1 atom stereocenters. The van der Waals surface area contributed by atoms with Gasteiger partial charge in [0.05, 0.1) is 0 Å². The van der Waals surface area contributed by atoms with Crippen molar-refractivity contribution in [3.8, 4) is 5.75 Å². The number of rotatable bonds is 6. The Labute approximate surface area is 117 Å². The van der Waals surface area contributed by atoms with Crippen LogP contribution in [0.15, 0.2) is 23.1 Å². The van der Waals surface area contributed by atoms with E-state index in [0.29, 0.717) is 6.54 Å². The smallest absolute Gasteiger partial charge is 0.260 e. The normalized spacial score (nSPS) is 12.8. The number of carbonyl (C=O) groups excluding carboxylic acids is 1. The molecule has 0 radical (unpaired) electrons. The van der Waals surface area contributed by atoms with Gasteiger partial charge in [0.25, 0.3) is 5.91 Å². The summed E-state index contributed by atoms with van der Waals surface area (Å²) in [5, 5.41) is 7.59.